The van der Waals surface area contributed by atoms with Gasteiger partial charge in [-0.3, -0.25) is 0 Å². The number of piperidine rings is 1. The smallest absolute Gasteiger partial charge is 0.425 e. The molecule has 1 fully saturated rings. The summed E-state index contributed by atoms with van der Waals surface area (Å²) < 4.78 is 10.7. The first-order valence-corrected chi connectivity index (χ1v) is 11.3. The number of halogens is 1. The minimum absolute atomic E-state index is 0.0907. The number of ether oxygens (including phenoxy) is 2. The van der Waals surface area contributed by atoms with E-state index in [1.807, 2.05) is 11.8 Å². The van der Waals surface area contributed by atoms with Crippen LogP contribution in [-0.2, 0) is 9.47 Å². The fraction of sp³-hybridized carbons (Fsp3) is 0.667. The van der Waals surface area contributed by atoms with Crippen LogP contribution in [0.4, 0.5) is 26.0 Å². The summed E-state index contributed by atoms with van der Waals surface area (Å²) in [6.07, 6.45) is -0.382. The quantitative estimate of drug-likeness (QED) is 0.578. The summed E-state index contributed by atoms with van der Waals surface area (Å²) in [6, 6.07) is 0. The monoisotopic (exact) mass is 529 g/mol. The Bertz CT molecular complexity index is 903. The minimum atomic E-state index is -1.54. The minimum Gasteiger partial charge on any atom is -0.464 e. The highest BCUT2D eigenvalue weighted by Crippen LogP contribution is 2.30. The zero-order chi connectivity index (χ0) is 25.2. The van der Waals surface area contributed by atoms with Gasteiger partial charge in [0.05, 0.1) is 6.20 Å². The number of nitrogens with one attached hydrogen (secondary N) is 1. The van der Waals surface area contributed by atoms with Crippen molar-refractivity contribution in [1.82, 2.24) is 15.3 Å². The normalized spacial score (nSPS) is 16.1. The van der Waals surface area contributed by atoms with E-state index in [2.05, 4.69) is 31.2 Å². The second kappa shape index (κ2) is 9.70. The number of hydrogen-bond donors (Lipinski definition) is 2. The standard InChI is InChI=1S/C21H32BrN5O6/c1-19(2,3)32-16(28)25-21(7)8-10-26(11-9-21)13-12-23-14(22)15(24-13)27(17(29)30)18(31)33-20(4,5)6/h12H,8-11H2,1-7H3,(H,25,28)(H,29,30). The molecule has 1 aliphatic rings. The van der Waals surface area contributed by atoms with Crippen molar-refractivity contribution >= 4 is 45.8 Å². The van der Waals surface area contributed by atoms with E-state index >= 15 is 0 Å². The van der Waals surface area contributed by atoms with Crippen LogP contribution in [0, 0.1) is 0 Å². The lowest BCUT2D eigenvalue weighted by molar-refractivity contribution is 0.0447. The number of amides is 3. The molecule has 1 aromatic heterocycles. The van der Waals surface area contributed by atoms with Gasteiger partial charge in [-0.25, -0.2) is 24.4 Å². The van der Waals surface area contributed by atoms with Gasteiger partial charge in [-0.2, -0.15) is 4.90 Å². The Kier molecular flexibility index (Phi) is 7.82. The fourth-order valence-corrected chi connectivity index (χ4v) is 3.49. The lowest BCUT2D eigenvalue weighted by Crippen LogP contribution is -2.54. The van der Waals surface area contributed by atoms with Crippen molar-refractivity contribution in [3.05, 3.63) is 10.8 Å². The predicted molar refractivity (Wildman–Crippen MR) is 126 cm³/mol. The van der Waals surface area contributed by atoms with Crippen molar-refractivity contribution in [2.24, 2.45) is 0 Å². The Morgan fingerprint density at radius 1 is 1.12 bits per heavy atom. The molecule has 1 aliphatic heterocycles. The highest BCUT2D eigenvalue weighted by atomic mass is 79.9. The Hall–Kier alpha value is -2.63. The first kappa shape index (κ1) is 26.6. The summed E-state index contributed by atoms with van der Waals surface area (Å²) in [5.74, 6) is 0.219. The average Bonchev–Trinajstić information content (AvgIpc) is 2.60. The fourth-order valence-electron chi connectivity index (χ4n) is 3.12. The number of nitrogens with zero attached hydrogens (tertiary/aromatic N) is 4. The Balaban J connectivity index is 2.17. The van der Waals surface area contributed by atoms with Crippen LogP contribution in [0.3, 0.4) is 0 Å². The molecule has 2 N–H and O–H groups in total. The first-order chi connectivity index (χ1) is 15.0. The van der Waals surface area contributed by atoms with Crippen LogP contribution in [0.25, 0.3) is 0 Å². The van der Waals surface area contributed by atoms with Crippen molar-refractivity contribution in [1.29, 1.82) is 0 Å². The van der Waals surface area contributed by atoms with Gasteiger partial charge in [-0.05, 0) is 77.2 Å². The first-order valence-electron chi connectivity index (χ1n) is 10.5. The molecular weight excluding hydrogens is 498 g/mol. The molecule has 2 heterocycles. The zero-order valence-corrected chi connectivity index (χ0v) is 21.6. The summed E-state index contributed by atoms with van der Waals surface area (Å²) in [5, 5.41) is 12.6. The lowest BCUT2D eigenvalue weighted by Gasteiger charge is -2.40. The van der Waals surface area contributed by atoms with E-state index in [0.717, 1.165) is 0 Å². The topological polar surface area (TPSA) is 134 Å². The van der Waals surface area contributed by atoms with Crippen molar-refractivity contribution in [2.75, 3.05) is 22.9 Å². The van der Waals surface area contributed by atoms with Crippen LogP contribution < -0.4 is 15.1 Å². The summed E-state index contributed by atoms with van der Waals surface area (Å²) in [7, 11) is 0. The van der Waals surface area contributed by atoms with Crippen molar-refractivity contribution in [3.8, 4) is 0 Å². The molecule has 1 saturated heterocycles. The summed E-state index contributed by atoms with van der Waals surface area (Å²) in [6.45, 7) is 13.3. The molecule has 3 amide bonds. The number of imide groups is 1. The number of anilines is 2. The number of rotatable bonds is 3. The molecule has 0 spiro atoms. The maximum atomic E-state index is 12.5. The van der Waals surface area contributed by atoms with Crippen LogP contribution in [0.2, 0.25) is 0 Å². The average molecular weight is 530 g/mol. The molecule has 0 atom stereocenters. The molecule has 2 rings (SSSR count). The number of carbonyl (C=O) groups excluding carboxylic acids is 2. The maximum Gasteiger partial charge on any atom is 0.425 e. The number of carboxylic acid groups (broad SMARTS) is 1. The molecular formula is C21H32BrN5O6. The van der Waals surface area contributed by atoms with Crippen molar-refractivity contribution < 1.29 is 29.0 Å². The molecule has 0 saturated carbocycles. The number of aromatic nitrogens is 2. The van der Waals surface area contributed by atoms with Gasteiger partial charge in [-0.1, -0.05) is 0 Å². The second-order valence-corrected chi connectivity index (χ2v) is 10.9. The van der Waals surface area contributed by atoms with Gasteiger partial charge < -0.3 is 24.8 Å². The highest BCUT2D eigenvalue weighted by molar-refractivity contribution is 9.10. The molecule has 11 nitrogen and oxygen atoms in total. The van der Waals surface area contributed by atoms with Crippen molar-refractivity contribution in [2.45, 2.75) is 78.0 Å². The molecule has 0 radical (unpaired) electrons. The molecule has 0 bridgehead atoms. The molecule has 0 aliphatic carbocycles. The van der Waals surface area contributed by atoms with Gasteiger partial charge in [0.2, 0.25) is 0 Å². The SMILES string of the molecule is CC1(NC(=O)OC(C)(C)C)CCN(c2cnc(Br)c(N(C(=O)O)C(=O)OC(C)(C)C)n2)CC1. The molecule has 33 heavy (non-hydrogen) atoms. The van der Waals surface area contributed by atoms with Gasteiger partial charge in [0.15, 0.2) is 5.82 Å². The third-order valence-electron chi connectivity index (χ3n) is 4.67. The van der Waals surface area contributed by atoms with E-state index in [4.69, 9.17) is 9.47 Å². The molecule has 1 aromatic rings. The predicted octanol–water partition coefficient (Wildman–Crippen LogP) is 4.54. The number of alkyl carbamates (subject to hydrolysis) is 1. The van der Waals surface area contributed by atoms with E-state index in [1.165, 1.54) is 6.20 Å². The third kappa shape index (κ3) is 7.72. The van der Waals surface area contributed by atoms with Crippen LogP contribution >= 0.6 is 15.9 Å². The molecule has 0 aromatic carbocycles. The van der Waals surface area contributed by atoms with Crippen LogP contribution in [0.15, 0.2) is 10.8 Å². The van der Waals surface area contributed by atoms with Gasteiger partial charge in [0.25, 0.3) is 0 Å². The summed E-state index contributed by atoms with van der Waals surface area (Å²) in [4.78, 5) is 47.4. The van der Waals surface area contributed by atoms with Gasteiger partial charge in [0.1, 0.15) is 21.6 Å². The Morgan fingerprint density at radius 3 is 2.15 bits per heavy atom. The van der Waals surface area contributed by atoms with Crippen LogP contribution in [-0.4, -0.2) is 63.2 Å². The summed E-state index contributed by atoms with van der Waals surface area (Å²) in [5.41, 5.74) is -1.94. The van der Waals surface area contributed by atoms with E-state index in [1.54, 1.807) is 41.5 Å². The largest absolute Gasteiger partial charge is 0.464 e. The number of hydrogen-bond acceptors (Lipinski definition) is 8. The van der Waals surface area contributed by atoms with E-state index in [9.17, 15) is 19.5 Å². The Labute approximate surface area is 202 Å². The van der Waals surface area contributed by atoms with E-state index in [0.29, 0.717) is 36.6 Å². The van der Waals surface area contributed by atoms with Gasteiger partial charge in [-0.15, -0.1) is 0 Å². The number of carbonyl (C=O) groups is 3. The van der Waals surface area contributed by atoms with Crippen LogP contribution in [0.5, 0.6) is 0 Å². The van der Waals surface area contributed by atoms with Crippen LogP contribution in [0.1, 0.15) is 61.3 Å². The molecule has 0 unspecified atom stereocenters. The highest BCUT2D eigenvalue weighted by Gasteiger charge is 2.35. The Morgan fingerprint density at radius 2 is 1.67 bits per heavy atom. The van der Waals surface area contributed by atoms with Gasteiger partial charge in [0, 0.05) is 18.6 Å². The van der Waals surface area contributed by atoms with Gasteiger partial charge >= 0.3 is 18.3 Å². The molecule has 184 valence electrons. The van der Waals surface area contributed by atoms with E-state index in [-0.39, 0.29) is 10.4 Å². The van der Waals surface area contributed by atoms with E-state index < -0.39 is 35.0 Å². The lowest BCUT2D eigenvalue weighted by atomic mass is 9.90. The summed E-state index contributed by atoms with van der Waals surface area (Å²) >= 11 is 3.17. The van der Waals surface area contributed by atoms with Crippen molar-refractivity contribution in [3.63, 3.8) is 0 Å². The third-order valence-corrected chi connectivity index (χ3v) is 5.23. The molecule has 12 heteroatoms. The maximum absolute atomic E-state index is 12.5. The second-order valence-electron chi connectivity index (χ2n) is 10.1. The zero-order valence-electron chi connectivity index (χ0n) is 20.1.